The minimum atomic E-state index is -0.182. The fraction of sp³-hybridized carbons (Fsp3) is 0.278. The number of H-pyrrole nitrogens is 1. The molecule has 0 atom stereocenters. The first kappa shape index (κ1) is 28.6. The van der Waals surface area contributed by atoms with Crippen LogP contribution in [0.2, 0.25) is 0 Å². The Morgan fingerprint density at radius 2 is 1.63 bits per heavy atom. The molecule has 0 bridgehead atoms. The summed E-state index contributed by atoms with van der Waals surface area (Å²) in [6.45, 7) is 9.90. The predicted molar refractivity (Wildman–Crippen MR) is 175 cm³/mol. The lowest BCUT2D eigenvalue weighted by Gasteiger charge is -2.32. The Labute approximate surface area is 253 Å². The first-order valence-corrected chi connectivity index (χ1v) is 15.1. The number of likely N-dealkylation sites (N-methyl/N-ethyl adjacent to an activating group) is 1. The molecule has 0 spiro atoms. The van der Waals surface area contributed by atoms with E-state index in [4.69, 9.17) is 4.98 Å². The molecular formula is C36H39N5O2. The van der Waals surface area contributed by atoms with Crippen molar-refractivity contribution in [1.82, 2.24) is 19.8 Å². The fourth-order valence-electron chi connectivity index (χ4n) is 5.56. The van der Waals surface area contributed by atoms with Crippen molar-refractivity contribution in [2.24, 2.45) is 0 Å². The SMILES string of the molecule is CC(C)c1ccc(-c2ccc(O)c(-c3nc4ccc(C(=O)Nc5ccc(CCN6CCN(C)CC6)cc5)cc4[nH]3)c2)cc1. The number of hydrogen-bond acceptors (Lipinski definition) is 5. The zero-order valence-electron chi connectivity index (χ0n) is 25.1. The number of carbonyl (C=O) groups is 1. The Balaban J connectivity index is 1.13. The van der Waals surface area contributed by atoms with Gasteiger partial charge >= 0.3 is 0 Å². The van der Waals surface area contributed by atoms with Crippen molar-refractivity contribution in [3.63, 3.8) is 0 Å². The summed E-state index contributed by atoms with van der Waals surface area (Å²) in [5.74, 6) is 0.983. The van der Waals surface area contributed by atoms with E-state index in [9.17, 15) is 9.90 Å². The number of aromatic hydroxyl groups is 1. The maximum absolute atomic E-state index is 13.1. The third-order valence-electron chi connectivity index (χ3n) is 8.43. The van der Waals surface area contributed by atoms with Gasteiger partial charge in [-0.05, 0) is 84.1 Å². The first-order chi connectivity index (χ1) is 20.8. The number of amides is 1. The molecule has 1 amide bonds. The average Bonchev–Trinajstić information content (AvgIpc) is 3.45. The third-order valence-corrected chi connectivity index (χ3v) is 8.43. The first-order valence-electron chi connectivity index (χ1n) is 15.1. The Bertz CT molecular complexity index is 1720. The summed E-state index contributed by atoms with van der Waals surface area (Å²) in [5, 5.41) is 13.7. The number of phenolic OH excluding ortho intramolecular Hbond substituents is 1. The van der Waals surface area contributed by atoms with Crippen LogP contribution in [0.4, 0.5) is 5.69 Å². The van der Waals surface area contributed by atoms with E-state index in [1.807, 2.05) is 30.3 Å². The van der Waals surface area contributed by atoms with Crippen LogP contribution in [-0.4, -0.2) is 70.6 Å². The number of anilines is 1. The molecule has 7 heteroatoms. The van der Waals surface area contributed by atoms with E-state index in [0.717, 1.165) is 67.0 Å². The summed E-state index contributed by atoms with van der Waals surface area (Å²) < 4.78 is 0. The van der Waals surface area contributed by atoms with Gasteiger partial charge in [0.1, 0.15) is 11.6 Å². The van der Waals surface area contributed by atoms with Gasteiger partial charge in [0.25, 0.3) is 5.91 Å². The van der Waals surface area contributed by atoms with Gasteiger partial charge in [-0.3, -0.25) is 4.79 Å². The van der Waals surface area contributed by atoms with Gasteiger partial charge in [-0.1, -0.05) is 56.3 Å². The summed E-state index contributed by atoms with van der Waals surface area (Å²) in [6.07, 6.45) is 1.000. The molecule has 0 radical (unpaired) electrons. The highest BCUT2D eigenvalue weighted by molar-refractivity contribution is 6.06. The molecule has 1 aliphatic rings. The normalized spacial score (nSPS) is 14.4. The van der Waals surface area contributed by atoms with Gasteiger partial charge in [0.15, 0.2) is 0 Å². The number of carbonyl (C=O) groups excluding carboxylic acids is 1. The molecule has 1 saturated heterocycles. The highest BCUT2D eigenvalue weighted by Gasteiger charge is 2.15. The van der Waals surface area contributed by atoms with E-state index in [1.165, 1.54) is 11.1 Å². The van der Waals surface area contributed by atoms with Crippen LogP contribution in [-0.2, 0) is 6.42 Å². The number of piperazine rings is 1. The molecule has 220 valence electrons. The maximum Gasteiger partial charge on any atom is 0.255 e. The van der Waals surface area contributed by atoms with Crippen molar-refractivity contribution in [2.75, 3.05) is 45.1 Å². The van der Waals surface area contributed by atoms with Crippen molar-refractivity contribution >= 4 is 22.6 Å². The molecule has 1 aromatic heterocycles. The second-order valence-corrected chi connectivity index (χ2v) is 11.9. The molecule has 4 aromatic carbocycles. The van der Waals surface area contributed by atoms with E-state index < -0.39 is 0 Å². The van der Waals surface area contributed by atoms with Crippen LogP contribution < -0.4 is 5.32 Å². The molecular weight excluding hydrogens is 534 g/mol. The number of aromatic amines is 1. The predicted octanol–water partition coefficient (Wildman–Crippen LogP) is 6.77. The smallest absolute Gasteiger partial charge is 0.255 e. The number of fused-ring (bicyclic) bond motifs is 1. The second-order valence-electron chi connectivity index (χ2n) is 11.9. The quantitative estimate of drug-likeness (QED) is 0.191. The molecule has 1 fully saturated rings. The van der Waals surface area contributed by atoms with Crippen molar-refractivity contribution in [2.45, 2.75) is 26.2 Å². The lowest BCUT2D eigenvalue weighted by Crippen LogP contribution is -2.45. The molecule has 0 saturated carbocycles. The number of nitrogens with zero attached hydrogens (tertiary/aromatic N) is 3. The van der Waals surface area contributed by atoms with Gasteiger partial charge in [-0.25, -0.2) is 4.98 Å². The monoisotopic (exact) mass is 573 g/mol. The van der Waals surface area contributed by atoms with Gasteiger partial charge < -0.3 is 25.2 Å². The van der Waals surface area contributed by atoms with Gasteiger partial charge in [0.05, 0.1) is 16.6 Å². The van der Waals surface area contributed by atoms with Crippen LogP contribution >= 0.6 is 0 Å². The third kappa shape index (κ3) is 6.63. The van der Waals surface area contributed by atoms with E-state index in [1.54, 1.807) is 18.2 Å². The van der Waals surface area contributed by atoms with Crippen molar-refractivity contribution in [3.8, 4) is 28.3 Å². The maximum atomic E-state index is 13.1. The van der Waals surface area contributed by atoms with Crippen LogP contribution in [0.3, 0.4) is 0 Å². The van der Waals surface area contributed by atoms with Crippen LogP contribution in [0.15, 0.2) is 84.9 Å². The zero-order chi connectivity index (χ0) is 29.9. The largest absolute Gasteiger partial charge is 0.507 e. The van der Waals surface area contributed by atoms with Gasteiger partial charge in [0, 0.05) is 44.0 Å². The number of phenols is 1. The lowest BCUT2D eigenvalue weighted by molar-refractivity contribution is 0.102. The number of hydrogen-bond donors (Lipinski definition) is 3. The molecule has 43 heavy (non-hydrogen) atoms. The van der Waals surface area contributed by atoms with Crippen LogP contribution in [0, 0.1) is 0 Å². The van der Waals surface area contributed by atoms with Gasteiger partial charge in [-0.15, -0.1) is 0 Å². The zero-order valence-corrected chi connectivity index (χ0v) is 25.1. The standard InChI is InChI=1S/C36H39N5O2/c1-24(2)26-6-8-27(9-7-26)28-11-15-34(42)31(22-28)35-38-32-14-10-29(23-33(32)39-35)36(43)37-30-12-4-25(5-13-30)16-17-41-20-18-40(3)19-21-41/h4-15,22-24,42H,16-21H2,1-3H3,(H,37,43)(H,38,39). The van der Waals surface area contributed by atoms with Gasteiger partial charge in [-0.2, -0.15) is 0 Å². The summed E-state index contributed by atoms with van der Waals surface area (Å²) >= 11 is 0. The number of benzene rings is 4. The van der Waals surface area contributed by atoms with Crippen LogP contribution in [0.5, 0.6) is 5.75 Å². The van der Waals surface area contributed by atoms with E-state index in [2.05, 4.69) is 77.4 Å². The Morgan fingerprint density at radius 3 is 2.35 bits per heavy atom. The highest BCUT2D eigenvalue weighted by Crippen LogP contribution is 2.34. The molecule has 3 N–H and O–H groups in total. The highest BCUT2D eigenvalue weighted by atomic mass is 16.3. The van der Waals surface area contributed by atoms with Crippen molar-refractivity contribution < 1.29 is 9.90 Å². The number of rotatable bonds is 8. The fourth-order valence-corrected chi connectivity index (χ4v) is 5.56. The topological polar surface area (TPSA) is 84.5 Å². The molecule has 0 aliphatic carbocycles. The molecule has 1 aliphatic heterocycles. The molecule has 5 aromatic rings. The van der Waals surface area contributed by atoms with E-state index in [-0.39, 0.29) is 11.7 Å². The minimum Gasteiger partial charge on any atom is -0.507 e. The minimum absolute atomic E-state index is 0.145. The average molecular weight is 574 g/mol. The molecule has 7 nitrogen and oxygen atoms in total. The van der Waals surface area contributed by atoms with Crippen LogP contribution in [0.25, 0.3) is 33.5 Å². The summed E-state index contributed by atoms with van der Waals surface area (Å²) in [7, 11) is 2.17. The Morgan fingerprint density at radius 1 is 0.907 bits per heavy atom. The Hall–Kier alpha value is -4.46. The Kier molecular flexibility index (Phi) is 8.27. The van der Waals surface area contributed by atoms with E-state index >= 15 is 0 Å². The number of nitrogens with one attached hydrogen (secondary N) is 2. The second kappa shape index (κ2) is 12.4. The molecule has 6 rings (SSSR count). The van der Waals surface area contributed by atoms with E-state index in [0.29, 0.717) is 22.9 Å². The van der Waals surface area contributed by atoms with Gasteiger partial charge in [0.2, 0.25) is 0 Å². The molecule has 0 unspecified atom stereocenters. The van der Waals surface area contributed by atoms with Crippen molar-refractivity contribution in [1.29, 1.82) is 0 Å². The van der Waals surface area contributed by atoms with Crippen LogP contribution in [0.1, 0.15) is 41.3 Å². The number of imidazole rings is 1. The summed E-state index contributed by atoms with van der Waals surface area (Å²) in [6, 6.07) is 27.6. The molecule has 2 heterocycles. The summed E-state index contributed by atoms with van der Waals surface area (Å²) in [4.78, 5) is 26.0. The van der Waals surface area contributed by atoms with Crippen molar-refractivity contribution in [3.05, 3.63) is 102 Å². The summed E-state index contributed by atoms with van der Waals surface area (Å²) in [5.41, 5.74) is 7.98. The lowest BCUT2D eigenvalue weighted by atomic mass is 9.97. The number of aromatic nitrogens is 2.